The van der Waals surface area contributed by atoms with Crippen molar-refractivity contribution in [3.05, 3.63) is 82.0 Å². The van der Waals surface area contributed by atoms with Crippen LogP contribution in [0, 0.1) is 0 Å². The van der Waals surface area contributed by atoms with E-state index < -0.39 is 0 Å². The Bertz CT molecular complexity index is 982. The Morgan fingerprint density at radius 1 is 1.11 bits per heavy atom. The second kappa shape index (κ2) is 7.32. The molecular weight excluding hydrogens is 368 g/mol. The average Bonchev–Trinajstić information content (AvgIpc) is 3.42. The molecule has 0 saturated carbocycles. The maximum atomic E-state index is 6.40. The summed E-state index contributed by atoms with van der Waals surface area (Å²) < 4.78 is 12.1. The number of para-hydroxylation sites is 1. The van der Waals surface area contributed by atoms with Crippen LogP contribution < -0.4 is 9.47 Å². The van der Waals surface area contributed by atoms with Gasteiger partial charge in [0.1, 0.15) is 11.5 Å². The minimum atomic E-state index is -0.238. The van der Waals surface area contributed by atoms with Gasteiger partial charge in [-0.05, 0) is 48.2 Å². The Kier molecular flexibility index (Phi) is 4.53. The van der Waals surface area contributed by atoms with E-state index >= 15 is 0 Å². The van der Waals surface area contributed by atoms with E-state index in [0.717, 1.165) is 42.2 Å². The summed E-state index contributed by atoms with van der Waals surface area (Å²) in [6.07, 6.45) is 1.66. The summed E-state index contributed by atoms with van der Waals surface area (Å²) in [6, 6.07) is 20.9. The number of nitrogens with zero attached hydrogens (tertiary/aromatic N) is 2. The summed E-state index contributed by atoms with van der Waals surface area (Å²) in [4.78, 5) is 1.23. The molecule has 2 aromatic carbocycles. The Morgan fingerprint density at radius 3 is 2.75 bits per heavy atom. The van der Waals surface area contributed by atoms with Crippen LogP contribution in [0.2, 0.25) is 0 Å². The Labute approximate surface area is 169 Å². The zero-order valence-corrected chi connectivity index (χ0v) is 16.6. The molecule has 3 aromatic rings. The summed E-state index contributed by atoms with van der Waals surface area (Å²) in [6.45, 7) is 2.84. The molecule has 2 aliphatic rings. The molecular formula is C23H22N2O2S. The van der Waals surface area contributed by atoms with Gasteiger partial charge in [0.05, 0.1) is 23.2 Å². The van der Waals surface area contributed by atoms with Crippen molar-refractivity contribution in [2.45, 2.75) is 32.0 Å². The molecule has 2 atom stereocenters. The third-order valence-electron chi connectivity index (χ3n) is 5.14. The molecule has 0 radical (unpaired) electrons. The number of fused-ring (bicyclic) bond motifs is 3. The van der Waals surface area contributed by atoms with Crippen molar-refractivity contribution in [1.29, 1.82) is 0 Å². The summed E-state index contributed by atoms with van der Waals surface area (Å²) in [5.41, 5.74) is 3.42. The quantitative estimate of drug-likeness (QED) is 0.554. The van der Waals surface area contributed by atoms with Gasteiger partial charge in [-0.2, -0.15) is 5.10 Å². The molecule has 4 nitrogen and oxygen atoms in total. The zero-order valence-electron chi connectivity index (χ0n) is 15.7. The fraction of sp³-hybridized carbons (Fsp3) is 0.261. The fourth-order valence-corrected chi connectivity index (χ4v) is 4.52. The normalized spacial score (nSPS) is 20.2. The Hall–Kier alpha value is -2.79. The number of hydrogen-bond donors (Lipinski definition) is 0. The molecule has 5 rings (SSSR count). The van der Waals surface area contributed by atoms with Crippen LogP contribution in [0.1, 0.15) is 48.0 Å². The zero-order chi connectivity index (χ0) is 18.9. The lowest BCUT2D eigenvalue weighted by Crippen LogP contribution is -2.33. The molecule has 28 heavy (non-hydrogen) atoms. The number of ether oxygens (including phenoxy) is 2. The van der Waals surface area contributed by atoms with Crippen molar-refractivity contribution in [2.24, 2.45) is 5.10 Å². The van der Waals surface area contributed by atoms with Gasteiger partial charge in [0, 0.05) is 17.5 Å². The Morgan fingerprint density at radius 2 is 1.96 bits per heavy atom. The minimum Gasteiger partial charge on any atom is -0.494 e. The van der Waals surface area contributed by atoms with Crippen LogP contribution in [0.3, 0.4) is 0 Å². The second-order valence-electron chi connectivity index (χ2n) is 7.05. The van der Waals surface area contributed by atoms with Crippen LogP contribution in [0.4, 0.5) is 0 Å². The Balaban J connectivity index is 1.50. The predicted molar refractivity (Wildman–Crippen MR) is 112 cm³/mol. The second-order valence-corrected chi connectivity index (χ2v) is 8.00. The van der Waals surface area contributed by atoms with Crippen molar-refractivity contribution < 1.29 is 9.47 Å². The first-order valence-corrected chi connectivity index (χ1v) is 10.6. The van der Waals surface area contributed by atoms with Gasteiger partial charge >= 0.3 is 0 Å². The molecule has 0 amide bonds. The van der Waals surface area contributed by atoms with Crippen molar-refractivity contribution in [2.75, 3.05) is 6.61 Å². The van der Waals surface area contributed by atoms with Crippen LogP contribution >= 0.6 is 11.3 Å². The van der Waals surface area contributed by atoms with Crippen molar-refractivity contribution in [1.82, 2.24) is 5.01 Å². The molecule has 0 spiro atoms. The molecule has 2 aliphatic heterocycles. The van der Waals surface area contributed by atoms with Crippen molar-refractivity contribution in [3.63, 3.8) is 0 Å². The van der Waals surface area contributed by atoms with Gasteiger partial charge < -0.3 is 9.47 Å². The molecule has 0 fully saturated rings. The van der Waals surface area contributed by atoms with Crippen LogP contribution in [0.5, 0.6) is 11.5 Å². The van der Waals surface area contributed by atoms with Gasteiger partial charge in [0.2, 0.25) is 6.23 Å². The molecule has 0 saturated heterocycles. The lowest BCUT2D eigenvalue weighted by Gasteiger charge is -2.38. The highest BCUT2D eigenvalue weighted by Crippen LogP contribution is 2.47. The minimum absolute atomic E-state index is 0.197. The van der Waals surface area contributed by atoms with E-state index in [0.29, 0.717) is 0 Å². The van der Waals surface area contributed by atoms with E-state index in [2.05, 4.69) is 59.8 Å². The smallest absolute Gasteiger partial charge is 0.213 e. The third kappa shape index (κ3) is 3.06. The topological polar surface area (TPSA) is 34.1 Å². The van der Waals surface area contributed by atoms with E-state index in [9.17, 15) is 0 Å². The SMILES string of the molecule is CCCOc1ccc([C@H]2Oc3ccccc3[C@H]3CC(c4cccs4)=NN32)cc1. The lowest BCUT2D eigenvalue weighted by atomic mass is 9.98. The maximum Gasteiger partial charge on any atom is 0.213 e. The summed E-state index contributed by atoms with van der Waals surface area (Å²) in [5.74, 6) is 1.84. The van der Waals surface area contributed by atoms with Gasteiger partial charge in [-0.25, -0.2) is 5.01 Å². The van der Waals surface area contributed by atoms with E-state index in [4.69, 9.17) is 14.6 Å². The molecule has 0 aliphatic carbocycles. The third-order valence-corrected chi connectivity index (χ3v) is 6.06. The fourth-order valence-electron chi connectivity index (χ4n) is 3.79. The first-order chi connectivity index (χ1) is 13.8. The summed E-state index contributed by atoms with van der Waals surface area (Å²) >= 11 is 1.74. The van der Waals surface area contributed by atoms with E-state index in [-0.39, 0.29) is 12.3 Å². The molecule has 0 unspecified atom stereocenters. The highest BCUT2D eigenvalue weighted by atomic mass is 32.1. The number of benzene rings is 2. The number of hydrogen-bond acceptors (Lipinski definition) is 5. The van der Waals surface area contributed by atoms with Gasteiger partial charge in [-0.3, -0.25) is 0 Å². The van der Waals surface area contributed by atoms with E-state index in [1.54, 1.807) is 11.3 Å². The number of hydrazone groups is 1. The summed E-state index contributed by atoms with van der Waals surface area (Å²) in [7, 11) is 0. The van der Waals surface area contributed by atoms with Crippen molar-refractivity contribution >= 4 is 17.0 Å². The average molecular weight is 391 g/mol. The molecule has 5 heteroatoms. The van der Waals surface area contributed by atoms with E-state index in [1.165, 1.54) is 10.4 Å². The first kappa shape index (κ1) is 17.3. The van der Waals surface area contributed by atoms with Crippen molar-refractivity contribution in [3.8, 4) is 11.5 Å². The van der Waals surface area contributed by atoms with Crippen LogP contribution in [0.15, 0.2) is 71.1 Å². The highest BCUT2D eigenvalue weighted by Gasteiger charge is 2.40. The van der Waals surface area contributed by atoms with Gasteiger partial charge in [-0.15, -0.1) is 11.3 Å². The standard InChI is InChI=1S/C23H22N2O2S/c1-2-13-26-17-11-9-16(10-12-17)23-25-20(18-6-3-4-7-21(18)27-23)15-19(24-25)22-8-5-14-28-22/h3-12,14,20,23H,2,13,15H2,1H3/t20-,23-/m1/s1. The molecule has 1 aromatic heterocycles. The van der Waals surface area contributed by atoms with Crippen LogP contribution in [-0.2, 0) is 0 Å². The maximum absolute atomic E-state index is 6.40. The highest BCUT2D eigenvalue weighted by molar-refractivity contribution is 7.12. The monoisotopic (exact) mass is 390 g/mol. The predicted octanol–water partition coefficient (Wildman–Crippen LogP) is 5.78. The van der Waals surface area contributed by atoms with Gasteiger partial charge in [0.15, 0.2) is 0 Å². The van der Waals surface area contributed by atoms with E-state index in [1.807, 2.05) is 18.2 Å². The number of thiophene rings is 1. The molecule has 3 heterocycles. The van der Waals surface area contributed by atoms with Crippen LogP contribution in [0.25, 0.3) is 0 Å². The lowest BCUT2D eigenvalue weighted by molar-refractivity contribution is -0.0190. The first-order valence-electron chi connectivity index (χ1n) is 9.71. The largest absolute Gasteiger partial charge is 0.494 e. The summed E-state index contributed by atoms with van der Waals surface area (Å²) in [5, 5.41) is 9.21. The number of rotatable bonds is 5. The molecule has 142 valence electrons. The van der Waals surface area contributed by atoms with Gasteiger partial charge in [-0.1, -0.05) is 31.2 Å². The molecule has 0 bridgehead atoms. The van der Waals surface area contributed by atoms with Crippen LogP contribution in [-0.4, -0.2) is 17.3 Å². The van der Waals surface area contributed by atoms with Gasteiger partial charge in [0.25, 0.3) is 0 Å². The molecule has 0 N–H and O–H groups in total.